The fourth-order valence-corrected chi connectivity index (χ4v) is 1.01. The highest BCUT2D eigenvalue weighted by atomic mass is 35.5. The van der Waals surface area contributed by atoms with Crippen LogP contribution in [0.5, 0.6) is 5.75 Å². The van der Waals surface area contributed by atoms with Crippen LogP contribution in [-0.2, 0) is 0 Å². The van der Waals surface area contributed by atoms with Crippen LogP contribution in [-0.4, -0.2) is 7.11 Å². The quantitative estimate of drug-likeness (QED) is 0.673. The number of hydrogen-bond donors (Lipinski definition) is 0. The van der Waals surface area contributed by atoms with E-state index in [9.17, 15) is 4.39 Å². The standard InChI is InChI=1S/C8H5ClFNO/c1-12-7-3-2-6(10)8(9)5(7)4-11/h2-3H,1H3. The van der Waals surface area contributed by atoms with Crippen LogP contribution in [0.1, 0.15) is 5.56 Å². The predicted molar refractivity (Wildman–Crippen MR) is 42.7 cm³/mol. The monoisotopic (exact) mass is 185 g/mol. The lowest BCUT2D eigenvalue weighted by atomic mass is 10.2. The number of hydrogen-bond acceptors (Lipinski definition) is 2. The molecule has 0 radical (unpaired) electrons. The maximum absolute atomic E-state index is 12.7. The molecule has 0 heterocycles. The summed E-state index contributed by atoms with van der Waals surface area (Å²) in [6.45, 7) is 0. The molecule has 0 aromatic heterocycles. The van der Waals surface area contributed by atoms with Crippen LogP contribution in [0.3, 0.4) is 0 Å². The van der Waals surface area contributed by atoms with Crippen molar-refractivity contribution in [2.45, 2.75) is 0 Å². The van der Waals surface area contributed by atoms with Crippen LogP contribution < -0.4 is 4.74 Å². The molecule has 62 valence electrons. The van der Waals surface area contributed by atoms with E-state index in [0.29, 0.717) is 0 Å². The van der Waals surface area contributed by atoms with E-state index in [-0.39, 0.29) is 16.3 Å². The van der Waals surface area contributed by atoms with Gasteiger partial charge in [-0.05, 0) is 12.1 Å². The fourth-order valence-electron chi connectivity index (χ4n) is 0.807. The van der Waals surface area contributed by atoms with E-state index < -0.39 is 5.82 Å². The van der Waals surface area contributed by atoms with Gasteiger partial charge in [-0.15, -0.1) is 0 Å². The van der Waals surface area contributed by atoms with Gasteiger partial charge in [0.25, 0.3) is 0 Å². The van der Waals surface area contributed by atoms with Crippen LogP contribution in [0.4, 0.5) is 4.39 Å². The Kier molecular flexibility index (Phi) is 2.51. The summed E-state index contributed by atoms with van der Waals surface area (Å²) in [6, 6.07) is 4.27. The number of rotatable bonds is 1. The van der Waals surface area contributed by atoms with Gasteiger partial charge in [0, 0.05) is 0 Å². The van der Waals surface area contributed by atoms with Crippen molar-refractivity contribution < 1.29 is 9.13 Å². The SMILES string of the molecule is COc1ccc(F)c(Cl)c1C#N. The van der Waals surface area contributed by atoms with Crippen LogP contribution >= 0.6 is 11.6 Å². The third-order valence-corrected chi connectivity index (χ3v) is 1.76. The topological polar surface area (TPSA) is 33.0 Å². The first-order valence-electron chi connectivity index (χ1n) is 3.12. The zero-order valence-corrected chi connectivity index (χ0v) is 7.02. The zero-order chi connectivity index (χ0) is 9.14. The lowest BCUT2D eigenvalue weighted by Crippen LogP contribution is -1.90. The lowest BCUT2D eigenvalue weighted by Gasteiger charge is -2.03. The third kappa shape index (κ3) is 1.34. The van der Waals surface area contributed by atoms with Crippen molar-refractivity contribution >= 4 is 11.6 Å². The second kappa shape index (κ2) is 3.42. The Morgan fingerprint density at radius 1 is 1.58 bits per heavy atom. The Balaban J connectivity index is 3.38. The first-order valence-corrected chi connectivity index (χ1v) is 3.50. The summed E-state index contributed by atoms with van der Waals surface area (Å²) in [5.41, 5.74) is 0.0270. The molecule has 0 atom stereocenters. The molecule has 0 spiro atoms. The van der Waals surface area contributed by atoms with Crippen molar-refractivity contribution in [2.24, 2.45) is 0 Å². The van der Waals surface area contributed by atoms with Crippen molar-refractivity contribution in [3.63, 3.8) is 0 Å². The third-order valence-electron chi connectivity index (χ3n) is 1.39. The summed E-state index contributed by atoms with van der Waals surface area (Å²) in [4.78, 5) is 0. The van der Waals surface area contributed by atoms with Crippen molar-refractivity contribution in [3.05, 3.63) is 28.5 Å². The minimum Gasteiger partial charge on any atom is -0.495 e. The molecule has 0 bridgehead atoms. The van der Waals surface area contributed by atoms with Gasteiger partial charge in [0.05, 0.1) is 12.1 Å². The summed E-state index contributed by atoms with van der Waals surface area (Å²) >= 11 is 5.50. The molecule has 0 saturated carbocycles. The van der Waals surface area contributed by atoms with E-state index in [2.05, 4.69) is 0 Å². The molecular weight excluding hydrogens is 181 g/mol. The highest BCUT2D eigenvalue weighted by molar-refractivity contribution is 6.32. The largest absolute Gasteiger partial charge is 0.495 e. The van der Waals surface area contributed by atoms with E-state index in [1.54, 1.807) is 6.07 Å². The second-order valence-electron chi connectivity index (χ2n) is 2.05. The molecule has 0 aliphatic rings. The van der Waals surface area contributed by atoms with Gasteiger partial charge in [-0.3, -0.25) is 0 Å². The summed E-state index contributed by atoms with van der Waals surface area (Å²) in [5, 5.41) is 8.38. The molecule has 0 N–H and O–H groups in total. The molecule has 1 rings (SSSR count). The molecular formula is C8H5ClFNO. The van der Waals surface area contributed by atoms with Gasteiger partial charge < -0.3 is 4.74 Å². The van der Waals surface area contributed by atoms with Crippen LogP contribution in [0.25, 0.3) is 0 Å². The van der Waals surface area contributed by atoms with Gasteiger partial charge in [0.2, 0.25) is 0 Å². The van der Waals surface area contributed by atoms with Gasteiger partial charge in [-0.1, -0.05) is 11.6 Å². The van der Waals surface area contributed by atoms with Crippen LogP contribution in [0.2, 0.25) is 5.02 Å². The first kappa shape index (κ1) is 8.82. The first-order chi connectivity index (χ1) is 5.70. The lowest BCUT2D eigenvalue weighted by molar-refractivity contribution is 0.412. The highest BCUT2D eigenvalue weighted by Gasteiger charge is 2.10. The molecule has 1 aromatic carbocycles. The Morgan fingerprint density at radius 2 is 2.25 bits per heavy atom. The fraction of sp³-hybridized carbons (Fsp3) is 0.125. The molecule has 0 saturated heterocycles. The van der Waals surface area contributed by atoms with E-state index in [4.69, 9.17) is 21.6 Å². The second-order valence-corrected chi connectivity index (χ2v) is 2.43. The molecule has 0 aliphatic carbocycles. The molecule has 0 aliphatic heterocycles. The number of nitriles is 1. The van der Waals surface area contributed by atoms with Crippen LogP contribution in [0.15, 0.2) is 12.1 Å². The average molecular weight is 186 g/mol. The van der Waals surface area contributed by atoms with Crippen molar-refractivity contribution in [3.8, 4) is 11.8 Å². The molecule has 12 heavy (non-hydrogen) atoms. The smallest absolute Gasteiger partial charge is 0.143 e. The number of nitrogens with zero attached hydrogens (tertiary/aromatic N) is 1. The average Bonchev–Trinajstić information content (AvgIpc) is 2.09. The predicted octanol–water partition coefficient (Wildman–Crippen LogP) is 2.36. The molecule has 0 unspecified atom stereocenters. The van der Waals surface area contributed by atoms with Crippen molar-refractivity contribution in [1.82, 2.24) is 0 Å². The number of halogens is 2. The van der Waals surface area contributed by atoms with Crippen LogP contribution in [0, 0.1) is 17.1 Å². The van der Waals surface area contributed by atoms with Gasteiger partial charge >= 0.3 is 0 Å². The summed E-state index contributed by atoms with van der Waals surface area (Å²) in [7, 11) is 1.39. The minimum absolute atomic E-state index is 0.0270. The Labute approximate surface area is 74.1 Å². The van der Waals surface area contributed by atoms with Crippen molar-refractivity contribution in [2.75, 3.05) is 7.11 Å². The van der Waals surface area contributed by atoms with Crippen molar-refractivity contribution in [1.29, 1.82) is 5.26 Å². The number of methoxy groups -OCH3 is 1. The number of benzene rings is 1. The Bertz CT molecular complexity index is 346. The Hall–Kier alpha value is -1.27. The highest BCUT2D eigenvalue weighted by Crippen LogP contribution is 2.27. The molecule has 0 fully saturated rings. The van der Waals surface area contributed by atoms with E-state index in [0.717, 1.165) is 6.07 Å². The summed E-state index contributed by atoms with van der Waals surface area (Å²) in [6.07, 6.45) is 0. The zero-order valence-electron chi connectivity index (χ0n) is 6.27. The van der Waals surface area contributed by atoms with Gasteiger partial charge in [-0.25, -0.2) is 4.39 Å². The van der Waals surface area contributed by atoms with E-state index >= 15 is 0 Å². The van der Waals surface area contributed by atoms with Gasteiger partial charge in [-0.2, -0.15) is 5.26 Å². The minimum atomic E-state index is -0.617. The summed E-state index contributed by atoms with van der Waals surface area (Å²) < 4.78 is 17.5. The normalized spacial score (nSPS) is 9.17. The van der Waals surface area contributed by atoms with Gasteiger partial charge in [0.15, 0.2) is 0 Å². The van der Waals surface area contributed by atoms with E-state index in [1.807, 2.05) is 0 Å². The van der Waals surface area contributed by atoms with E-state index in [1.165, 1.54) is 13.2 Å². The Morgan fingerprint density at radius 3 is 2.75 bits per heavy atom. The maximum Gasteiger partial charge on any atom is 0.143 e. The van der Waals surface area contributed by atoms with Gasteiger partial charge in [0.1, 0.15) is 23.2 Å². The maximum atomic E-state index is 12.7. The molecule has 2 nitrogen and oxygen atoms in total. The summed E-state index contributed by atoms with van der Waals surface area (Å²) in [5.74, 6) is -0.335. The molecule has 0 amide bonds. The number of ether oxygens (including phenoxy) is 1. The molecule has 4 heteroatoms. The molecule has 1 aromatic rings.